The molecule has 0 amide bonds. The van der Waals surface area contributed by atoms with E-state index in [1.165, 1.54) is 5.56 Å². The Balaban J connectivity index is 2.13. The molecule has 19 heavy (non-hydrogen) atoms. The first-order valence-corrected chi connectivity index (χ1v) is 6.27. The van der Waals surface area contributed by atoms with Crippen molar-refractivity contribution in [1.82, 2.24) is 0 Å². The van der Waals surface area contributed by atoms with Crippen molar-refractivity contribution < 1.29 is 9.47 Å². The number of benzene rings is 2. The zero-order valence-corrected chi connectivity index (χ0v) is 11.5. The van der Waals surface area contributed by atoms with Crippen molar-refractivity contribution in [2.45, 2.75) is 13.0 Å². The highest BCUT2D eigenvalue weighted by atomic mass is 16.5. The van der Waals surface area contributed by atoms with Crippen LogP contribution in [0.4, 0.5) is 5.69 Å². The first-order chi connectivity index (χ1) is 9.22. The average molecular weight is 257 g/mol. The van der Waals surface area contributed by atoms with Crippen molar-refractivity contribution in [1.29, 1.82) is 0 Å². The highest BCUT2D eigenvalue weighted by Gasteiger charge is 2.06. The molecule has 0 unspecified atom stereocenters. The zero-order chi connectivity index (χ0) is 13.7. The van der Waals surface area contributed by atoms with E-state index in [9.17, 15) is 0 Å². The summed E-state index contributed by atoms with van der Waals surface area (Å²) in [5.74, 6) is 1.72. The molecule has 0 radical (unpaired) electrons. The van der Waals surface area contributed by atoms with Gasteiger partial charge in [0.25, 0.3) is 0 Å². The summed E-state index contributed by atoms with van der Waals surface area (Å²) >= 11 is 0. The van der Waals surface area contributed by atoms with Gasteiger partial charge in [-0.05, 0) is 36.8 Å². The van der Waals surface area contributed by atoms with Crippen molar-refractivity contribution in [3.8, 4) is 11.5 Å². The Hall–Kier alpha value is -2.16. The zero-order valence-electron chi connectivity index (χ0n) is 11.5. The second kappa shape index (κ2) is 6.14. The molecule has 0 aliphatic rings. The molecule has 1 atom stereocenters. The SMILES string of the molecule is COc1cccc(N[C@@H](C)c2cccc(OC)c2)c1. The van der Waals surface area contributed by atoms with Crippen LogP contribution in [0.5, 0.6) is 11.5 Å². The maximum Gasteiger partial charge on any atom is 0.120 e. The van der Waals surface area contributed by atoms with Gasteiger partial charge in [0.05, 0.1) is 14.2 Å². The van der Waals surface area contributed by atoms with Gasteiger partial charge in [-0.2, -0.15) is 0 Å². The minimum absolute atomic E-state index is 0.196. The first kappa shape index (κ1) is 13.3. The number of ether oxygens (including phenoxy) is 2. The quantitative estimate of drug-likeness (QED) is 0.881. The van der Waals surface area contributed by atoms with E-state index in [1.807, 2.05) is 42.5 Å². The number of hydrogen-bond donors (Lipinski definition) is 1. The maximum atomic E-state index is 5.24. The third-order valence-corrected chi connectivity index (χ3v) is 3.05. The molecule has 0 saturated carbocycles. The van der Waals surface area contributed by atoms with Gasteiger partial charge in [0.1, 0.15) is 11.5 Å². The third-order valence-electron chi connectivity index (χ3n) is 3.05. The standard InChI is InChI=1S/C16H19NO2/c1-12(13-6-4-8-15(10-13)18-2)17-14-7-5-9-16(11-14)19-3/h4-12,17H,1-3H3/t12-/m0/s1. The van der Waals surface area contributed by atoms with Crippen LogP contribution in [0.15, 0.2) is 48.5 Å². The number of anilines is 1. The Morgan fingerprint density at radius 3 is 2.21 bits per heavy atom. The number of hydrogen-bond acceptors (Lipinski definition) is 3. The van der Waals surface area contributed by atoms with Gasteiger partial charge in [0.2, 0.25) is 0 Å². The number of nitrogens with one attached hydrogen (secondary N) is 1. The van der Waals surface area contributed by atoms with E-state index < -0.39 is 0 Å². The smallest absolute Gasteiger partial charge is 0.120 e. The van der Waals surface area contributed by atoms with Crippen LogP contribution in [-0.2, 0) is 0 Å². The third kappa shape index (κ3) is 3.41. The highest BCUT2D eigenvalue weighted by molar-refractivity contribution is 5.50. The molecule has 2 aromatic carbocycles. The van der Waals surface area contributed by atoms with E-state index in [0.29, 0.717) is 0 Å². The van der Waals surface area contributed by atoms with Crippen molar-refractivity contribution in [3.05, 3.63) is 54.1 Å². The lowest BCUT2D eigenvalue weighted by atomic mass is 10.1. The molecular formula is C16H19NO2. The second-order valence-corrected chi connectivity index (χ2v) is 4.37. The predicted molar refractivity (Wildman–Crippen MR) is 78.0 cm³/mol. The number of methoxy groups -OCH3 is 2. The fraction of sp³-hybridized carbons (Fsp3) is 0.250. The van der Waals surface area contributed by atoms with Crippen LogP contribution < -0.4 is 14.8 Å². The van der Waals surface area contributed by atoms with Gasteiger partial charge in [0.15, 0.2) is 0 Å². The van der Waals surface area contributed by atoms with Crippen LogP contribution in [0.1, 0.15) is 18.5 Å². The molecule has 0 saturated heterocycles. The molecule has 0 fully saturated rings. The fourth-order valence-electron chi connectivity index (χ4n) is 1.96. The van der Waals surface area contributed by atoms with E-state index >= 15 is 0 Å². The topological polar surface area (TPSA) is 30.5 Å². The van der Waals surface area contributed by atoms with E-state index in [1.54, 1.807) is 14.2 Å². The summed E-state index contributed by atoms with van der Waals surface area (Å²) in [5, 5.41) is 3.45. The van der Waals surface area contributed by atoms with E-state index in [-0.39, 0.29) is 6.04 Å². The Kier molecular flexibility index (Phi) is 4.29. The van der Waals surface area contributed by atoms with Gasteiger partial charge >= 0.3 is 0 Å². The fourth-order valence-corrected chi connectivity index (χ4v) is 1.96. The molecule has 0 bridgehead atoms. The van der Waals surface area contributed by atoms with E-state index in [2.05, 4.69) is 18.3 Å². The van der Waals surface area contributed by atoms with Crippen LogP contribution in [0.3, 0.4) is 0 Å². The van der Waals surface area contributed by atoms with Gasteiger partial charge in [-0.1, -0.05) is 18.2 Å². The van der Waals surface area contributed by atoms with Gasteiger partial charge in [-0.3, -0.25) is 0 Å². The molecule has 0 spiro atoms. The Bertz CT molecular complexity index is 540. The minimum atomic E-state index is 0.196. The van der Waals surface area contributed by atoms with Crippen LogP contribution in [0, 0.1) is 0 Å². The lowest BCUT2D eigenvalue weighted by Crippen LogP contribution is -2.06. The monoisotopic (exact) mass is 257 g/mol. The predicted octanol–water partition coefficient (Wildman–Crippen LogP) is 3.88. The Morgan fingerprint density at radius 2 is 1.53 bits per heavy atom. The Labute approximate surface area is 114 Å². The van der Waals surface area contributed by atoms with E-state index in [4.69, 9.17) is 9.47 Å². The lowest BCUT2D eigenvalue weighted by molar-refractivity contribution is 0.414. The van der Waals surface area contributed by atoms with Gasteiger partial charge in [-0.25, -0.2) is 0 Å². The summed E-state index contributed by atoms with van der Waals surface area (Å²) < 4.78 is 10.5. The van der Waals surface area contributed by atoms with Crippen molar-refractivity contribution in [3.63, 3.8) is 0 Å². The maximum absolute atomic E-state index is 5.24. The molecule has 1 N–H and O–H groups in total. The number of rotatable bonds is 5. The van der Waals surface area contributed by atoms with Gasteiger partial charge in [-0.15, -0.1) is 0 Å². The van der Waals surface area contributed by atoms with Gasteiger partial charge < -0.3 is 14.8 Å². The van der Waals surface area contributed by atoms with Crippen molar-refractivity contribution >= 4 is 5.69 Å². The minimum Gasteiger partial charge on any atom is -0.497 e. The normalized spacial score (nSPS) is 11.7. The molecule has 0 aliphatic carbocycles. The van der Waals surface area contributed by atoms with Crippen LogP contribution in [0.25, 0.3) is 0 Å². The molecule has 0 aliphatic heterocycles. The molecule has 0 aromatic heterocycles. The lowest BCUT2D eigenvalue weighted by Gasteiger charge is -2.17. The molecule has 100 valence electrons. The second-order valence-electron chi connectivity index (χ2n) is 4.37. The molecule has 3 heteroatoms. The molecule has 2 rings (SSSR count). The summed E-state index contributed by atoms with van der Waals surface area (Å²) in [6.45, 7) is 2.12. The van der Waals surface area contributed by atoms with Crippen LogP contribution in [0.2, 0.25) is 0 Å². The van der Waals surface area contributed by atoms with Crippen LogP contribution in [-0.4, -0.2) is 14.2 Å². The van der Waals surface area contributed by atoms with Crippen molar-refractivity contribution in [2.75, 3.05) is 19.5 Å². The Morgan fingerprint density at radius 1 is 0.895 bits per heavy atom. The van der Waals surface area contributed by atoms with Crippen molar-refractivity contribution in [2.24, 2.45) is 0 Å². The van der Waals surface area contributed by atoms with E-state index in [0.717, 1.165) is 17.2 Å². The van der Waals surface area contributed by atoms with Gasteiger partial charge in [0, 0.05) is 17.8 Å². The molecule has 0 heterocycles. The summed E-state index contributed by atoms with van der Waals surface area (Å²) in [7, 11) is 3.35. The summed E-state index contributed by atoms with van der Waals surface area (Å²) in [6, 6.07) is 16.2. The molecule has 3 nitrogen and oxygen atoms in total. The summed E-state index contributed by atoms with van der Waals surface area (Å²) in [4.78, 5) is 0. The summed E-state index contributed by atoms with van der Waals surface area (Å²) in [6.07, 6.45) is 0. The average Bonchev–Trinajstić information content (AvgIpc) is 2.47. The first-order valence-electron chi connectivity index (χ1n) is 6.27. The highest BCUT2D eigenvalue weighted by Crippen LogP contribution is 2.24. The van der Waals surface area contributed by atoms with Crippen LogP contribution >= 0.6 is 0 Å². The largest absolute Gasteiger partial charge is 0.497 e. The summed E-state index contributed by atoms with van der Waals surface area (Å²) in [5.41, 5.74) is 2.22. The molecular weight excluding hydrogens is 238 g/mol. The molecule has 2 aromatic rings.